The summed E-state index contributed by atoms with van der Waals surface area (Å²) in [5, 5.41) is 2.01. The van der Waals surface area contributed by atoms with Crippen molar-refractivity contribution in [3.63, 3.8) is 0 Å². The Morgan fingerprint density at radius 1 is 1.21 bits per heavy atom. The molecule has 14 heavy (non-hydrogen) atoms. The quantitative estimate of drug-likeness (QED) is 0.814. The summed E-state index contributed by atoms with van der Waals surface area (Å²) in [6, 6.07) is 1.93. The Bertz CT molecular complexity index is 300. The molecule has 2 heterocycles. The molecule has 4 heteroatoms. The lowest BCUT2D eigenvalue weighted by atomic mass is 10.2. The van der Waals surface area contributed by atoms with E-state index in [0.717, 1.165) is 23.3 Å². The Morgan fingerprint density at radius 2 is 2.00 bits per heavy atom. The van der Waals surface area contributed by atoms with Crippen LogP contribution < -0.4 is 4.84 Å². The fourth-order valence-electron chi connectivity index (χ4n) is 1.55. The van der Waals surface area contributed by atoms with Crippen LogP contribution in [0.4, 0.5) is 0 Å². The van der Waals surface area contributed by atoms with Gasteiger partial charge in [0.1, 0.15) is 0 Å². The molecule has 0 unspecified atom stereocenters. The Kier molecular flexibility index (Phi) is 3.37. The summed E-state index contributed by atoms with van der Waals surface area (Å²) in [5.74, 6) is 0.807. The van der Waals surface area contributed by atoms with Crippen LogP contribution in [0.25, 0.3) is 0 Å². The van der Waals surface area contributed by atoms with Crippen molar-refractivity contribution in [3.8, 4) is 5.75 Å². The van der Waals surface area contributed by atoms with E-state index < -0.39 is 0 Å². The van der Waals surface area contributed by atoms with Gasteiger partial charge in [0.05, 0.1) is 6.20 Å². The van der Waals surface area contributed by atoms with Crippen LogP contribution in [0.15, 0.2) is 22.9 Å². The van der Waals surface area contributed by atoms with Crippen molar-refractivity contribution in [1.82, 2.24) is 10.0 Å². The van der Waals surface area contributed by atoms with Crippen LogP contribution in [0, 0.1) is 0 Å². The average molecular weight is 257 g/mol. The van der Waals surface area contributed by atoms with Gasteiger partial charge >= 0.3 is 0 Å². The third-order valence-electron chi connectivity index (χ3n) is 2.23. The summed E-state index contributed by atoms with van der Waals surface area (Å²) < 4.78 is 0.951. The second-order valence-electron chi connectivity index (χ2n) is 3.42. The predicted molar refractivity (Wildman–Crippen MR) is 58.0 cm³/mol. The highest BCUT2D eigenvalue weighted by molar-refractivity contribution is 9.10. The van der Waals surface area contributed by atoms with Gasteiger partial charge in [0.25, 0.3) is 0 Å². The van der Waals surface area contributed by atoms with Gasteiger partial charge in [-0.1, -0.05) is 6.42 Å². The predicted octanol–water partition coefficient (Wildman–Crippen LogP) is 2.62. The molecule has 3 nitrogen and oxygen atoms in total. The zero-order valence-electron chi connectivity index (χ0n) is 7.95. The molecule has 1 aromatic heterocycles. The molecule has 1 saturated heterocycles. The van der Waals surface area contributed by atoms with Crippen molar-refractivity contribution in [1.29, 1.82) is 0 Å². The van der Waals surface area contributed by atoms with Crippen LogP contribution in [0.2, 0.25) is 0 Å². The van der Waals surface area contributed by atoms with Gasteiger partial charge < -0.3 is 4.84 Å². The van der Waals surface area contributed by atoms with Gasteiger partial charge in [-0.05, 0) is 28.8 Å². The van der Waals surface area contributed by atoms with E-state index in [-0.39, 0.29) is 0 Å². The van der Waals surface area contributed by atoms with E-state index in [1.165, 1.54) is 19.3 Å². The van der Waals surface area contributed by atoms with Crippen LogP contribution in [-0.2, 0) is 0 Å². The Morgan fingerprint density at radius 3 is 2.71 bits per heavy atom. The van der Waals surface area contributed by atoms with Crippen LogP contribution in [0.3, 0.4) is 0 Å². The molecular weight excluding hydrogens is 244 g/mol. The number of halogens is 1. The van der Waals surface area contributed by atoms with Gasteiger partial charge in [-0.25, -0.2) is 0 Å². The molecule has 0 amide bonds. The van der Waals surface area contributed by atoms with Gasteiger partial charge in [0.15, 0.2) is 5.75 Å². The maximum Gasteiger partial charge on any atom is 0.166 e. The summed E-state index contributed by atoms with van der Waals surface area (Å²) in [6.07, 6.45) is 7.25. The zero-order valence-corrected chi connectivity index (χ0v) is 9.53. The van der Waals surface area contributed by atoms with E-state index in [0.29, 0.717) is 0 Å². The van der Waals surface area contributed by atoms with Crippen molar-refractivity contribution < 1.29 is 4.84 Å². The van der Waals surface area contributed by atoms with Gasteiger partial charge in [-0.3, -0.25) is 4.98 Å². The molecule has 0 N–H and O–H groups in total. The smallest absolute Gasteiger partial charge is 0.166 e. The number of hydrogen-bond donors (Lipinski definition) is 0. The first kappa shape index (κ1) is 9.93. The fourth-order valence-corrected chi connectivity index (χ4v) is 1.89. The second-order valence-corrected chi connectivity index (χ2v) is 4.34. The summed E-state index contributed by atoms with van der Waals surface area (Å²) >= 11 is 3.37. The molecule has 0 bridgehead atoms. The molecule has 1 aliphatic rings. The molecule has 1 aliphatic heterocycles. The minimum absolute atomic E-state index is 0.807. The van der Waals surface area contributed by atoms with E-state index in [9.17, 15) is 0 Å². The molecular formula is C10H13BrN2O. The van der Waals surface area contributed by atoms with Gasteiger partial charge in [0.2, 0.25) is 0 Å². The normalized spacial score (nSPS) is 18.1. The molecule has 0 spiro atoms. The van der Waals surface area contributed by atoms with Crippen molar-refractivity contribution >= 4 is 15.9 Å². The van der Waals surface area contributed by atoms with Crippen LogP contribution in [-0.4, -0.2) is 23.1 Å². The molecule has 2 rings (SSSR count). The minimum Gasteiger partial charge on any atom is -0.404 e. The molecule has 0 saturated carbocycles. The number of piperidine rings is 1. The zero-order chi connectivity index (χ0) is 9.80. The van der Waals surface area contributed by atoms with Crippen molar-refractivity contribution in [2.24, 2.45) is 0 Å². The highest BCUT2D eigenvalue weighted by Crippen LogP contribution is 2.18. The molecule has 1 aromatic rings. The Hall–Kier alpha value is -0.610. The van der Waals surface area contributed by atoms with E-state index in [1.807, 2.05) is 11.1 Å². The number of pyridine rings is 1. The Labute approximate surface area is 92.2 Å². The number of hydroxylamine groups is 2. The van der Waals surface area contributed by atoms with E-state index in [2.05, 4.69) is 20.9 Å². The van der Waals surface area contributed by atoms with Crippen molar-refractivity contribution in [3.05, 3.63) is 22.9 Å². The maximum absolute atomic E-state index is 5.68. The third-order valence-corrected chi connectivity index (χ3v) is 2.66. The first-order chi connectivity index (χ1) is 6.84. The van der Waals surface area contributed by atoms with Crippen LogP contribution >= 0.6 is 15.9 Å². The lowest BCUT2D eigenvalue weighted by Gasteiger charge is -2.25. The van der Waals surface area contributed by atoms with Crippen LogP contribution in [0.5, 0.6) is 5.75 Å². The Balaban J connectivity index is 1.95. The van der Waals surface area contributed by atoms with E-state index >= 15 is 0 Å². The lowest BCUT2D eigenvalue weighted by molar-refractivity contribution is -0.0723. The topological polar surface area (TPSA) is 25.4 Å². The van der Waals surface area contributed by atoms with Crippen molar-refractivity contribution in [2.45, 2.75) is 19.3 Å². The average Bonchev–Trinajstić information content (AvgIpc) is 2.19. The van der Waals surface area contributed by atoms with Gasteiger partial charge in [-0.2, -0.15) is 0 Å². The maximum atomic E-state index is 5.68. The minimum atomic E-state index is 0.807. The molecule has 0 radical (unpaired) electrons. The van der Waals surface area contributed by atoms with Crippen LogP contribution in [0.1, 0.15) is 19.3 Å². The highest BCUT2D eigenvalue weighted by Gasteiger charge is 2.11. The lowest BCUT2D eigenvalue weighted by Crippen LogP contribution is -2.32. The summed E-state index contributed by atoms with van der Waals surface area (Å²) in [6.45, 7) is 2.04. The SMILES string of the molecule is Brc1cncc(ON2CCCCC2)c1. The van der Waals surface area contributed by atoms with Gasteiger partial charge in [0, 0.05) is 29.8 Å². The van der Waals surface area contributed by atoms with E-state index in [4.69, 9.17) is 4.84 Å². The first-order valence-electron chi connectivity index (χ1n) is 4.88. The summed E-state index contributed by atoms with van der Waals surface area (Å²) in [5.41, 5.74) is 0. The molecule has 0 aliphatic carbocycles. The molecule has 0 atom stereocenters. The second kappa shape index (κ2) is 4.75. The van der Waals surface area contributed by atoms with Gasteiger partial charge in [-0.15, -0.1) is 5.06 Å². The molecule has 1 fully saturated rings. The summed E-state index contributed by atoms with van der Waals surface area (Å²) in [7, 11) is 0. The number of nitrogens with zero attached hydrogens (tertiary/aromatic N) is 2. The number of rotatable bonds is 2. The first-order valence-corrected chi connectivity index (χ1v) is 5.67. The standard InChI is InChI=1S/C10H13BrN2O/c11-9-6-10(8-12-7-9)14-13-4-2-1-3-5-13/h6-8H,1-5H2. The van der Waals surface area contributed by atoms with E-state index in [1.54, 1.807) is 12.4 Å². The fraction of sp³-hybridized carbons (Fsp3) is 0.500. The van der Waals surface area contributed by atoms with Crippen molar-refractivity contribution in [2.75, 3.05) is 13.1 Å². The molecule has 76 valence electrons. The third kappa shape index (κ3) is 2.69. The monoisotopic (exact) mass is 256 g/mol. The molecule has 0 aromatic carbocycles. The summed E-state index contributed by atoms with van der Waals surface area (Å²) in [4.78, 5) is 9.73. The number of hydrogen-bond acceptors (Lipinski definition) is 3. The highest BCUT2D eigenvalue weighted by atomic mass is 79.9. The largest absolute Gasteiger partial charge is 0.404 e. The number of aromatic nitrogens is 1.